The second-order valence-corrected chi connectivity index (χ2v) is 6.88. The zero-order valence-corrected chi connectivity index (χ0v) is 13.2. The first-order chi connectivity index (χ1) is 9.70. The van der Waals surface area contributed by atoms with Gasteiger partial charge in [-0.1, -0.05) is 23.7 Å². The molecule has 3 rings (SSSR count). The minimum atomic E-state index is 0.664. The van der Waals surface area contributed by atoms with Crippen molar-refractivity contribution in [2.45, 2.75) is 38.1 Å². The number of rotatable bonds is 5. The fourth-order valence-electron chi connectivity index (χ4n) is 2.69. The third-order valence-electron chi connectivity index (χ3n) is 3.92. The molecule has 1 fully saturated rings. The Balaban J connectivity index is 1.39. The molecule has 0 amide bonds. The number of aryl methyl sites for hydroxylation is 1. The number of nitrogens with zero attached hydrogens (tertiary/aromatic N) is 1. The van der Waals surface area contributed by atoms with Crippen LogP contribution in [0, 0.1) is 6.92 Å². The smallest absolute Gasteiger partial charge is 0.0940 e. The summed E-state index contributed by atoms with van der Waals surface area (Å²) in [6, 6.07) is 8.95. The SMILES string of the molecule is Cc1csc(CCNC2CC(c3ccc(Cl)cc3)C2)n1. The van der Waals surface area contributed by atoms with Crippen molar-refractivity contribution in [3.05, 3.63) is 50.9 Å². The second kappa shape index (κ2) is 6.25. The highest BCUT2D eigenvalue weighted by atomic mass is 35.5. The summed E-state index contributed by atoms with van der Waals surface area (Å²) in [7, 11) is 0. The van der Waals surface area contributed by atoms with E-state index in [-0.39, 0.29) is 0 Å². The highest BCUT2D eigenvalue weighted by molar-refractivity contribution is 7.09. The lowest BCUT2D eigenvalue weighted by molar-refractivity contribution is 0.293. The van der Waals surface area contributed by atoms with Crippen molar-refractivity contribution in [3.63, 3.8) is 0 Å². The lowest BCUT2D eigenvalue weighted by Crippen LogP contribution is -2.40. The lowest BCUT2D eigenvalue weighted by Gasteiger charge is -2.36. The summed E-state index contributed by atoms with van der Waals surface area (Å²) in [6.45, 7) is 3.08. The largest absolute Gasteiger partial charge is 0.314 e. The lowest BCUT2D eigenvalue weighted by atomic mass is 9.76. The molecule has 106 valence electrons. The van der Waals surface area contributed by atoms with E-state index >= 15 is 0 Å². The Hall–Kier alpha value is -0.900. The quantitative estimate of drug-likeness (QED) is 0.896. The van der Waals surface area contributed by atoms with Crippen molar-refractivity contribution < 1.29 is 0 Å². The molecule has 0 unspecified atom stereocenters. The maximum absolute atomic E-state index is 5.92. The van der Waals surface area contributed by atoms with E-state index in [1.165, 1.54) is 23.4 Å². The average molecular weight is 307 g/mol. The Morgan fingerprint density at radius 3 is 2.70 bits per heavy atom. The minimum Gasteiger partial charge on any atom is -0.314 e. The normalized spacial score (nSPS) is 21.7. The number of hydrogen-bond donors (Lipinski definition) is 1. The van der Waals surface area contributed by atoms with Crippen molar-refractivity contribution >= 4 is 22.9 Å². The van der Waals surface area contributed by atoms with Gasteiger partial charge in [0.05, 0.1) is 5.01 Å². The predicted octanol–water partition coefficient (Wildman–Crippen LogP) is 4.18. The second-order valence-electron chi connectivity index (χ2n) is 5.50. The van der Waals surface area contributed by atoms with Crippen molar-refractivity contribution in [2.75, 3.05) is 6.54 Å². The van der Waals surface area contributed by atoms with Crippen LogP contribution in [0.15, 0.2) is 29.6 Å². The Kier molecular flexibility index (Phi) is 4.39. The van der Waals surface area contributed by atoms with Crippen molar-refractivity contribution in [1.82, 2.24) is 10.3 Å². The van der Waals surface area contributed by atoms with E-state index in [4.69, 9.17) is 11.6 Å². The van der Waals surface area contributed by atoms with Crippen LogP contribution in [0.5, 0.6) is 0 Å². The molecule has 0 spiro atoms. The molecule has 2 nitrogen and oxygen atoms in total. The van der Waals surface area contributed by atoms with E-state index < -0.39 is 0 Å². The Bertz CT molecular complexity index is 558. The van der Waals surface area contributed by atoms with Crippen LogP contribution < -0.4 is 5.32 Å². The van der Waals surface area contributed by atoms with E-state index in [1.807, 2.05) is 12.1 Å². The van der Waals surface area contributed by atoms with Gasteiger partial charge in [-0.3, -0.25) is 0 Å². The molecule has 1 saturated carbocycles. The average Bonchev–Trinajstić information content (AvgIpc) is 2.80. The molecule has 0 atom stereocenters. The van der Waals surface area contributed by atoms with Crippen molar-refractivity contribution in [2.24, 2.45) is 0 Å². The third kappa shape index (κ3) is 3.40. The van der Waals surface area contributed by atoms with Gasteiger partial charge < -0.3 is 5.32 Å². The first-order valence-electron chi connectivity index (χ1n) is 7.10. The molecule has 1 aliphatic carbocycles. The summed E-state index contributed by atoms with van der Waals surface area (Å²) in [4.78, 5) is 4.49. The van der Waals surface area contributed by atoms with E-state index in [0.717, 1.165) is 23.7 Å². The molecule has 1 aliphatic rings. The Morgan fingerprint density at radius 1 is 1.30 bits per heavy atom. The zero-order valence-electron chi connectivity index (χ0n) is 11.6. The first-order valence-corrected chi connectivity index (χ1v) is 8.36. The maximum atomic E-state index is 5.92. The Morgan fingerprint density at radius 2 is 2.05 bits per heavy atom. The minimum absolute atomic E-state index is 0.664. The van der Waals surface area contributed by atoms with Crippen LogP contribution in [0.25, 0.3) is 0 Å². The van der Waals surface area contributed by atoms with E-state index in [2.05, 4.69) is 34.7 Å². The van der Waals surface area contributed by atoms with Crippen LogP contribution in [0.3, 0.4) is 0 Å². The topological polar surface area (TPSA) is 24.9 Å². The zero-order chi connectivity index (χ0) is 13.9. The van der Waals surface area contributed by atoms with Gasteiger partial charge in [0.25, 0.3) is 0 Å². The molecule has 0 radical (unpaired) electrons. The van der Waals surface area contributed by atoms with Crippen molar-refractivity contribution in [1.29, 1.82) is 0 Å². The van der Waals surface area contributed by atoms with Crippen LogP contribution in [0.1, 0.15) is 35.0 Å². The first kappa shape index (κ1) is 14.1. The summed E-state index contributed by atoms with van der Waals surface area (Å²) in [6.07, 6.45) is 3.51. The van der Waals surface area contributed by atoms with Gasteiger partial charge in [0.1, 0.15) is 0 Å². The molecular weight excluding hydrogens is 288 g/mol. The van der Waals surface area contributed by atoms with Gasteiger partial charge in [-0.25, -0.2) is 4.98 Å². The van der Waals surface area contributed by atoms with E-state index in [0.29, 0.717) is 12.0 Å². The molecule has 1 aromatic heterocycles. The van der Waals surface area contributed by atoms with E-state index in [9.17, 15) is 0 Å². The third-order valence-corrected chi connectivity index (χ3v) is 5.20. The summed E-state index contributed by atoms with van der Waals surface area (Å²) >= 11 is 7.68. The van der Waals surface area contributed by atoms with Crippen LogP contribution in [0.2, 0.25) is 5.02 Å². The van der Waals surface area contributed by atoms with Gasteiger partial charge >= 0.3 is 0 Å². The number of halogens is 1. The van der Waals surface area contributed by atoms with Crippen LogP contribution >= 0.6 is 22.9 Å². The standard InChI is InChI=1S/C16H19ClN2S/c1-11-10-20-16(19-11)6-7-18-15-8-13(9-15)12-2-4-14(17)5-3-12/h2-5,10,13,15,18H,6-9H2,1H3. The number of benzene rings is 1. The molecule has 1 heterocycles. The molecule has 4 heteroatoms. The number of nitrogens with one attached hydrogen (secondary N) is 1. The van der Waals surface area contributed by atoms with Gasteiger partial charge in [0, 0.05) is 35.1 Å². The van der Waals surface area contributed by atoms with E-state index in [1.54, 1.807) is 11.3 Å². The highest BCUT2D eigenvalue weighted by Gasteiger charge is 2.29. The molecule has 0 bridgehead atoms. The summed E-state index contributed by atoms with van der Waals surface area (Å²) in [5, 5.41) is 7.81. The van der Waals surface area contributed by atoms with Gasteiger partial charge in [0.15, 0.2) is 0 Å². The van der Waals surface area contributed by atoms with Crippen LogP contribution in [0.4, 0.5) is 0 Å². The summed E-state index contributed by atoms with van der Waals surface area (Å²) in [5.74, 6) is 0.701. The van der Waals surface area contributed by atoms with Crippen LogP contribution in [-0.2, 0) is 6.42 Å². The molecule has 1 aromatic carbocycles. The molecule has 2 aromatic rings. The van der Waals surface area contributed by atoms with Gasteiger partial charge in [-0.2, -0.15) is 0 Å². The Labute approximate surface area is 129 Å². The molecule has 0 saturated heterocycles. The molecular formula is C16H19ClN2S. The fourth-order valence-corrected chi connectivity index (χ4v) is 3.59. The summed E-state index contributed by atoms with van der Waals surface area (Å²) in [5.41, 5.74) is 2.56. The predicted molar refractivity (Wildman–Crippen MR) is 85.8 cm³/mol. The van der Waals surface area contributed by atoms with Crippen LogP contribution in [-0.4, -0.2) is 17.6 Å². The van der Waals surface area contributed by atoms with Crippen molar-refractivity contribution in [3.8, 4) is 0 Å². The molecule has 0 aliphatic heterocycles. The van der Waals surface area contributed by atoms with Gasteiger partial charge in [-0.05, 0) is 43.4 Å². The number of aromatic nitrogens is 1. The fraction of sp³-hybridized carbons (Fsp3) is 0.438. The van der Waals surface area contributed by atoms with Gasteiger partial charge in [-0.15, -0.1) is 11.3 Å². The molecule has 20 heavy (non-hydrogen) atoms. The summed E-state index contributed by atoms with van der Waals surface area (Å²) < 4.78 is 0. The maximum Gasteiger partial charge on any atom is 0.0940 e. The number of hydrogen-bond acceptors (Lipinski definition) is 3. The number of thiazole rings is 1. The molecule has 1 N–H and O–H groups in total. The monoisotopic (exact) mass is 306 g/mol. The highest BCUT2D eigenvalue weighted by Crippen LogP contribution is 2.37. The van der Waals surface area contributed by atoms with Gasteiger partial charge in [0.2, 0.25) is 0 Å².